The van der Waals surface area contributed by atoms with Crippen LogP contribution in [0.1, 0.15) is 35.0 Å². The highest BCUT2D eigenvalue weighted by molar-refractivity contribution is 6.09. The summed E-state index contributed by atoms with van der Waals surface area (Å²) in [7, 11) is 0. The zero-order valence-corrected chi connectivity index (χ0v) is 22.1. The lowest BCUT2D eigenvalue weighted by molar-refractivity contribution is -0.112. The molecule has 3 aromatic carbocycles. The molecule has 0 aliphatic rings. The van der Waals surface area contributed by atoms with Crippen molar-refractivity contribution in [1.82, 2.24) is 4.57 Å². The van der Waals surface area contributed by atoms with Crippen molar-refractivity contribution in [1.29, 1.82) is 10.5 Å². The molecule has 0 saturated heterocycles. The Labute approximate surface area is 228 Å². The van der Waals surface area contributed by atoms with Crippen molar-refractivity contribution >= 4 is 17.7 Å². The van der Waals surface area contributed by atoms with Gasteiger partial charge in [0.1, 0.15) is 29.7 Å². The molecule has 0 spiro atoms. The molecule has 0 aliphatic carbocycles. The molecule has 0 atom stereocenters. The van der Waals surface area contributed by atoms with Crippen LogP contribution in [-0.2, 0) is 11.4 Å². The van der Waals surface area contributed by atoms with Crippen LogP contribution in [0.3, 0.4) is 0 Å². The van der Waals surface area contributed by atoms with Crippen molar-refractivity contribution in [2.24, 2.45) is 0 Å². The van der Waals surface area contributed by atoms with Gasteiger partial charge in [0.25, 0.3) is 5.91 Å². The molecule has 4 aromatic rings. The Morgan fingerprint density at radius 3 is 2.44 bits per heavy atom. The molecule has 0 unspecified atom stereocenters. The second-order valence-electron chi connectivity index (χ2n) is 8.80. The van der Waals surface area contributed by atoms with E-state index in [4.69, 9.17) is 9.47 Å². The van der Waals surface area contributed by atoms with Crippen LogP contribution < -0.4 is 14.8 Å². The molecule has 7 nitrogen and oxygen atoms in total. The molecule has 0 aliphatic heterocycles. The summed E-state index contributed by atoms with van der Waals surface area (Å²) in [5, 5.41) is 21.8. The lowest BCUT2D eigenvalue weighted by Gasteiger charge is -2.12. The minimum Gasteiger partial charge on any atom is -0.494 e. The largest absolute Gasteiger partial charge is 0.494 e. The Morgan fingerprint density at radius 1 is 0.949 bits per heavy atom. The maximum absolute atomic E-state index is 12.9. The van der Waals surface area contributed by atoms with Crippen LogP contribution in [0.25, 0.3) is 11.8 Å². The van der Waals surface area contributed by atoms with Crippen LogP contribution in [0.15, 0.2) is 84.4 Å². The zero-order valence-electron chi connectivity index (χ0n) is 22.1. The molecule has 0 radical (unpaired) electrons. The third-order valence-electron chi connectivity index (χ3n) is 6.17. The first-order chi connectivity index (χ1) is 18.9. The van der Waals surface area contributed by atoms with E-state index >= 15 is 0 Å². The van der Waals surface area contributed by atoms with Gasteiger partial charge in [0.15, 0.2) is 0 Å². The van der Waals surface area contributed by atoms with E-state index in [2.05, 4.69) is 16.0 Å². The van der Waals surface area contributed by atoms with E-state index in [1.807, 2.05) is 81.4 Å². The predicted octanol–water partition coefficient (Wildman–Crippen LogP) is 6.49. The van der Waals surface area contributed by atoms with E-state index in [1.54, 1.807) is 30.3 Å². The number of nitrogens with zero attached hydrogens (tertiary/aromatic N) is 3. The third-order valence-corrected chi connectivity index (χ3v) is 6.17. The summed E-state index contributed by atoms with van der Waals surface area (Å²) in [5.74, 6) is 0.839. The first-order valence-corrected chi connectivity index (χ1v) is 12.5. The summed E-state index contributed by atoms with van der Waals surface area (Å²) in [5.41, 5.74) is 5.52. The molecule has 1 aromatic heterocycles. The minimum atomic E-state index is -0.490. The van der Waals surface area contributed by atoms with E-state index in [1.165, 1.54) is 0 Å². The molecule has 1 amide bonds. The zero-order chi connectivity index (χ0) is 27.8. The van der Waals surface area contributed by atoms with E-state index in [-0.39, 0.29) is 5.57 Å². The van der Waals surface area contributed by atoms with Crippen LogP contribution in [0.2, 0.25) is 0 Å². The summed E-state index contributed by atoms with van der Waals surface area (Å²) in [6.45, 7) is 6.62. The third kappa shape index (κ3) is 6.36. The first kappa shape index (κ1) is 26.8. The summed E-state index contributed by atoms with van der Waals surface area (Å²) in [4.78, 5) is 12.9. The lowest BCUT2D eigenvalue weighted by Crippen LogP contribution is -2.13. The van der Waals surface area contributed by atoms with Gasteiger partial charge in [-0.15, -0.1) is 0 Å². The molecule has 194 valence electrons. The fraction of sp³-hybridized carbons (Fsp3) is 0.156. The summed E-state index contributed by atoms with van der Waals surface area (Å²) < 4.78 is 13.4. The molecule has 0 fully saturated rings. The summed E-state index contributed by atoms with van der Waals surface area (Å²) >= 11 is 0. The average molecular weight is 517 g/mol. The van der Waals surface area contributed by atoms with Gasteiger partial charge in [-0.3, -0.25) is 4.79 Å². The Hall–Kier alpha value is -5.27. The highest BCUT2D eigenvalue weighted by Crippen LogP contribution is 2.25. The normalized spacial score (nSPS) is 10.8. The van der Waals surface area contributed by atoms with Crippen LogP contribution in [0, 0.1) is 36.5 Å². The number of aryl methyl sites for hydroxylation is 1. The topological polar surface area (TPSA) is 100 Å². The molecule has 4 rings (SSSR count). The van der Waals surface area contributed by atoms with Crippen LogP contribution >= 0.6 is 0 Å². The number of aromatic nitrogens is 1. The Morgan fingerprint density at radius 2 is 1.72 bits per heavy atom. The highest BCUT2D eigenvalue weighted by Gasteiger charge is 2.15. The number of hydrogen-bond donors (Lipinski definition) is 1. The fourth-order valence-corrected chi connectivity index (χ4v) is 4.27. The predicted molar refractivity (Wildman–Crippen MR) is 151 cm³/mol. The van der Waals surface area contributed by atoms with Gasteiger partial charge in [0, 0.05) is 34.4 Å². The second-order valence-corrected chi connectivity index (χ2v) is 8.80. The highest BCUT2D eigenvalue weighted by atomic mass is 16.5. The second kappa shape index (κ2) is 12.3. The van der Waals surface area contributed by atoms with Crippen molar-refractivity contribution in [3.8, 4) is 29.3 Å². The average Bonchev–Trinajstić information content (AvgIpc) is 3.23. The van der Waals surface area contributed by atoms with Crippen molar-refractivity contribution < 1.29 is 14.3 Å². The number of nitrogens with one attached hydrogen (secondary N) is 1. The molecule has 39 heavy (non-hydrogen) atoms. The van der Waals surface area contributed by atoms with Gasteiger partial charge in [-0.2, -0.15) is 10.5 Å². The van der Waals surface area contributed by atoms with Crippen LogP contribution in [0.5, 0.6) is 11.5 Å². The van der Waals surface area contributed by atoms with E-state index in [0.29, 0.717) is 36.0 Å². The Balaban J connectivity index is 1.51. The quantitative estimate of drug-likeness (QED) is 0.202. The van der Waals surface area contributed by atoms with Crippen LogP contribution in [0.4, 0.5) is 5.69 Å². The number of amides is 1. The SMILES string of the molecule is CCOc1cccc(NC(=O)/C(C#N)=C\c2cc(C)n(-c3ccc(OCc4ccccc4C#N)cc3)c2C)c1. The summed E-state index contributed by atoms with van der Waals surface area (Å²) in [6, 6.07) is 28.2. The number of anilines is 1. The van der Waals surface area contributed by atoms with E-state index in [0.717, 1.165) is 28.2 Å². The molecular weight excluding hydrogens is 488 g/mol. The van der Waals surface area contributed by atoms with Gasteiger partial charge in [-0.05, 0) is 80.9 Å². The monoisotopic (exact) mass is 516 g/mol. The van der Waals surface area contributed by atoms with Crippen LogP contribution in [-0.4, -0.2) is 17.1 Å². The number of benzene rings is 3. The molecule has 1 heterocycles. The van der Waals surface area contributed by atoms with E-state index in [9.17, 15) is 15.3 Å². The molecule has 0 saturated carbocycles. The number of nitriles is 2. The van der Waals surface area contributed by atoms with Gasteiger partial charge in [-0.1, -0.05) is 24.3 Å². The van der Waals surface area contributed by atoms with Gasteiger partial charge in [-0.25, -0.2) is 0 Å². The van der Waals surface area contributed by atoms with Crippen molar-refractivity contribution in [3.63, 3.8) is 0 Å². The minimum absolute atomic E-state index is 0.00142. The Kier molecular flexibility index (Phi) is 8.46. The standard InChI is InChI=1S/C32H28N4O3/c1-4-38-31-11-7-10-28(18-31)35-32(37)27(20-34)17-26-16-22(2)36(23(26)3)29-12-14-30(15-13-29)39-21-25-9-6-5-8-24(25)19-33/h5-18H,4,21H2,1-3H3,(H,35,37)/b27-17-. The summed E-state index contributed by atoms with van der Waals surface area (Å²) in [6.07, 6.45) is 1.60. The van der Waals surface area contributed by atoms with Gasteiger partial charge in [0.2, 0.25) is 0 Å². The Bertz CT molecular complexity index is 1600. The van der Waals surface area contributed by atoms with Gasteiger partial charge >= 0.3 is 0 Å². The van der Waals surface area contributed by atoms with E-state index < -0.39 is 5.91 Å². The number of rotatable bonds is 9. The molecular formula is C32H28N4O3. The van der Waals surface area contributed by atoms with Crippen molar-refractivity contribution in [2.45, 2.75) is 27.4 Å². The lowest BCUT2D eigenvalue weighted by atomic mass is 10.1. The molecule has 1 N–H and O–H groups in total. The number of carbonyl (C=O) groups excluding carboxylic acids is 1. The maximum atomic E-state index is 12.9. The smallest absolute Gasteiger partial charge is 0.266 e. The maximum Gasteiger partial charge on any atom is 0.266 e. The first-order valence-electron chi connectivity index (χ1n) is 12.5. The van der Waals surface area contributed by atoms with Gasteiger partial charge in [0.05, 0.1) is 18.2 Å². The fourth-order valence-electron chi connectivity index (χ4n) is 4.27. The van der Waals surface area contributed by atoms with Crippen molar-refractivity contribution in [2.75, 3.05) is 11.9 Å². The number of ether oxygens (including phenoxy) is 2. The number of hydrogen-bond acceptors (Lipinski definition) is 5. The van der Waals surface area contributed by atoms with Gasteiger partial charge < -0.3 is 19.4 Å². The van der Waals surface area contributed by atoms with Crippen molar-refractivity contribution in [3.05, 3.63) is 113 Å². The number of carbonyl (C=O) groups is 1. The molecule has 0 bridgehead atoms. The molecule has 7 heteroatoms.